The summed E-state index contributed by atoms with van der Waals surface area (Å²) in [5.41, 5.74) is 7.68. The van der Waals surface area contributed by atoms with Crippen molar-refractivity contribution in [3.8, 4) is 0 Å². The van der Waals surface area contributed by atoms with E-state index in [9.17, 15) is 9.18 Å². The monoisotopic (exact) mass is 355 g/mol. The van der Waals surface area contributed by atoms with E-state index in [0.29, 0.717) is 5.69 Å². The van der Waals surface area contributed by atoms with Gasteiger partial charge in [0.15, 0.2) is 17.3 Å². The van der Waals surface area contributed by atoms with Gasteiger partial charge in [0.1, 0.15) is 5.56 Å². The minimum atomic E-state index is -0.563. The second kappa shape index (κ2) is 6.58. The van der Waals surface area contributed by atoms with Gasteiger partial charge >= 0.3 is 0 Å². The number of hydrogen-bond donors (Lipinski definition) is 2. The van der Waals surface area contributed by atoms with E-state index in [1.54, 1.807) is 12.4 Å². The number of piperidine rings is 1. The number of hydrogen-bond acceptors (Lipinski definition) is 6. The van der Waals surface area contributed by atoms with Gasteiger partial charge in [-0.2, -0.15) is 0 Å². The number of aromatic nitrogens is 4. The van der Waals surface area contributed by atoms with Crippen LogP contribution in [0.3, 0.4) is 0 Å². The third-order valence-corrected chi connectivity index (χ3v) is 4.44. The van der Waals surface area contributed by atoms with Crippen LogP contribution < -0.4 is 16.0 Å². The molecule has 3 aromatic heterocycles. The highest BCUT2D eigenvalue weighted by molar-refractivity contribution is 6.12. The fourth-order valence-electron chi connectivity index (χ4n) is 3.23. The fraction of sp³-hybridized carbons (Fsp3) is 0.294. The molecule has 26 heavy (non-hydrogen) atoms. The molecule has 0 atom stereocenters. The van der Waals surface area contributed by atoms with E-state index < -0.39 is 11.7 Å². The lowest BCUT2D eigenvalue weighted by atomic mass is 10.1. The summed E-state index contributed by atoms with van der Waals surface area (Å²) in [5.74, 6) is -1.03. The number of anilines is 3. The summed E-state index contributed by atoms with van der Waals surface area (Å²) in [6.07, 6.45) is 8.91. The summed E-state index contributed by atoms with van der Waals surface area (Å²) >= 11 is 0. The number of fused-ring (bicyclic) bond motifs is 1. The number of nitrogens with zero attached hydrogens (tertiary/aromatic N) is 5. The molecule has 4 heterocycles. The molecule has 1 aliphatic heterocycles. The van der Waals surface area contributed by atoms with Crippen LogP contribution >= 0.6 is 0 Å². The standard InChI is InChI=1S/C17H18FN7O/c18-11-8-21-16-14(15(19)23-25(16)10-11)17(26)22-12-9-20-5-4-13(12)24-6-2-1-3-7-24/h4-5,8-10H,1-3,6-7H2,(H2,19,23)(H,22,26). The van der Waals surface area contributed by atoms with Crippen molar-refractivity contribution < 1.29 is 9.18 Å². The van der Waals surface area contributed by atoms with Gasteiger partial charge in [0.05, 0.1) is 30.0 Å². The molecule has 134 valence electrons. The average Bonchev–Trinajstić information content (AvgIpc) is 2.97. The largest absolute Gasteiger partial charge is 0.381 e. The van der Waals surface area contributed by atoms with E-state index in [4.69, 9.17) is 5.73 Å². The maximum atomic E-state index is 13.3. The van der Waals surface area contributed by atoms with Crippen molar-refractivity contribution in [1.82, 2.24) is 19.6 Å². The number of carbonyl (C=O) groups excluding carboxylic acids is 1. The number of nitrogen functional groups attached to an aromatic ring is 1. The van der Waals surface area contributed by atoms with E-state index in [-0.39, 0.29) is 17.0 Å². The lowest BCUT2D eigenvalue weighted by molar-refractivity contribution is 0.102. The van der Waals surface area contributed by atoms with Crippen molar-refractivity contribution in [2.45, 2.75) is 19.3 Å². The van der Waals surface area contributed by atoms with Crippen molar-refractivity contribution in [2.24, 2.45) is 0 Å². The number of rotatable bonds is 3. The molecule has 0 unspecified atom stereocenters. The second-order valence-electron chi connectivity index (χ2n) is 6.20. The highest BCUT2D eigenvalue weighted by Crippen LogP contribution is 2.28. The molecule has 4 rings (SSSR count). The van der Waals surface area contributed by atoms with Crippen LogP contribution in [0, 0.1) is 5.82 Å². The first kappa shape index (κ1) is 16.2. The Kier molecular flexibility index (Phi) is 4.11. The summed E-state index contributed by atoms with van der Waals surface area (Å²) in [7, 11) is 0. The van der Waals surface area contributed by atoms with Gasteiger partial charge in [-0.15, -0.1) is 5.10 Å². The Balaban J connectivity index is 1.66. The lowest BCUT2D eigenvalue weighted by Gasteiger charge is -2.30. The van der Waals surface area contributed by atoms with Crippen LogP contribution in [0.5, 0.6) is 0 Å². The topological polar surface area (TPSA) is 101 Å². The van der Waals surface area contributed by atoms with Crippen LogP contribution in [0.2, 0.25) is 0 Å². The molecule has 0 bridgehead atoms. The van der Waals surface area contributed by atoms with Crippen molar-refractivity contribution in [3.63, 3.8) is 0 Å². The van der Waals surface area contributed by atoms with E-state index in [1.807, 2.05) is 6.07 Å². The quantitative estimate of drug-likeness (QED) is 0.746. The predicted molar refractivity (Wildman–Crippen MR) is 95.6 cm³/mol. The first-order chi connectivity index (χ1) is 12.6. The maximum Gasteiger partial charge on any atom is 0.263 e. The molecule has 1 amide bonds. The van der Waals surface area contributed by atoms with Crippen LogP contribution in [0.1, 0.15) is 29.6 Å². The van der Waals surface area contributed by atoms with Crippen LogP contribution in [-0.2, 0) is 0 Å². The molecule has 0 aromatic carbocycles. The molecular weight excluding hydrogens is 337 g/mol. The van der Waals surface area contributed by atoms with Crippen LogP contribution in [0.15, 0.2) is 30.9 Å². The van der Waals surface area contributed by atoms with Gasteiger partial charge in [0, 0.05) is 19.3 Å². The molecule has 0 radical (unpaired) electrons. The van der Waals surface area contributed by atoms with E-state index in [0.717, 1.165) is 48.5 Å². The number of nitrogens with two attached hydrogens (primary N) is 1. The van der Waals surface area contributed by atoms with Crippen molar-refractivity contribution in [3.05, 3.63) is 42.2 Å². The molecule has 1 fully saturated rings. The molecule has 0 saturated carbocycles. The first-order valence-corrected chi connectivity index (χ1v) is 8.43. The third-order valence-electron chi connectivity index (χ3n) is 4.44. The second-order valence-corrected chi connectivity index (χ2v) is 6.20. The van der Waals surface area contributed by atoms with Gasteiger partial charge in [-0.1, -0.05) is 0 Å². The summed E-state index contributed by atoms with van der Waals surface area (Å²) in [6, 6.07) is 1.88. The Bertz CT molecular complexity index is 965. The van der Waals surface area contributed by atoms with Crippen molar-refractivity contribution >= 4 is 28.7 Å². The molecule has 1 saturated heterocycles. The van der Waals surface area contributed by atoms with E-state index in [1.165, 1.54) is 6.42 Å². The molecule has 8 nitrogen and oxygen atoms in total. The van der Waals surface area contributed by atoms with Crippen LogP contribution in [0.4, 0.5) is 21.6 Å². The van der Waals surface area contributed by atoms with Gasteiger partial charge in [-0.05, 0) is 25.3 Å². The van der Waals surface area contributed by atoms with Gasteiger partial charge in [0.2, 0.25) is 0 Å². The zero-order valence-corrected chi connectivity index (χ0v) is 14.0. The van der Waals surface area contributed by atoms with Gasteiger partial charge < -0.3 is 16.0 Å². The molecular formula is C17H18FN7O. The number of amides is 1. The lowest BCUT2D eigenvalue weighted by Crippen LogP contribution is -2.30. The Morgan fingerprint density at radius 2 is 2.04 bits per heavy atom. The summed E-state index contributed by atoms with van der Waals surface area (Å²) in [4.78, 5) is 23.1. The fourth-order valence-corrected chi connectivity index (χ4v) is 3.23. The average molecular weight is 355 g/mol. The maximum absolute atomic E-state index is 13.3. The molecule has 3 N–H and O–H groups in total. The molecule has 3 aromatic rings. The minimum absolute atomic E-state index is 0.0102. The number of pyridine rings is 1. The zero-order chi connectivity index (χ0) is 18.1. The summed E-state index contributed by atoms with van der Waals surface area (Å²) in [6.45, 7) is 1.87. The Hall–Kier alpha value is -3.23. The first-order valence-electron chi connectivity index (χ1n) is 8.43. The Morgan fingerprint density at radius 3 is 2.85 bits per heavy atom. The zero-order valence-electron chi connectivity index (χ0n) is 14.0. The number of halogens is 1. The molecule has 9 heteroatoms. The van der Waals surface area contributed by atoms with Crippen LogP contribution in [0.25, 0.3) is 5.65 Å². The van der Waals surface area contributed by atoms with Gasteiger partial charge in [-0.3, -0.25) is 9.78 Å². The smallest absolute Gasteiger partial charge is 0.263 e. The van der Waals surface area contributed by atoms with Crippen LogP contribution in [-0.4, -0.2) is 38.6 Å². The van der Waals surface area contributed by atoms with Gasteiger partial charge in [-0.25, -0.2) is 13.9 Å². The minimum Gasteiger partial charge on any atom is -0.381 e. The Labute approximate surface area is 148 Å². The third kappa shape index (κ3) is 2.92. The highest BCUT2D eigenvalue weighted by Gasteiger charge is 2.22. The number of carbonyl (C=O) groups is 1. The SMILES string of the molecule is Nc1nn2cc(F)cnc2c1C(=O)Nc1cnccc1N1CCCCC1. The Morgan fingerprint density at radius 1 is 1.23 bits per heavy atom. The molecule has 1 aliphatic rings. The van der Waals surface area contributed by atoms with E-state index in [2.05, 4.69) is 25.3 Å². The van der Waals surface area contributed by atoms with Gasteiger partial charge in [0.25, 0.3) is 5.91 Å². The number of nitrogens with one attached hydrogen (secondary N) is 1. The summed E-state index contributed by atoms with van der Waals surface area (Å²) in [5, 5.41) is 6.80. The van der Waals surface area contributed by atoms with Crippen molar-refractivity contribution in [2.75, 3.05) is 29.0 Å². The predicted octanol–water partition coefficient (Wildman–Crippen LogP) is 2.09. The summed E-state index contributed by atoms with van der Waals surface area (Å²) < 4.78 is 14.5. The van der Waals surface area contributed by atoms with E-state index >= 15 is 0 Å². The van der Waals surface area contributed by atoms with Crippen molar-refractivity contribution in [1.29, 1.82) is 0 Å². The highest BCUT2D eigenvalue weighted by atomic mass is 19.1. The molecule has 0 aliphatic carbocycles. The molecule has 0 spiro atoms. The normalized spacial score (nSPS) is 14.6.